The highest BCUT2D eigenvalue weighted by Crippen LogP contribution is 2.29. The number of halogens is 1. The Hall–Kier alpha value is -1.65. The number of quaternary nitrogens is 1. The molecule has 2 aromatic rings. The van der Waals surface area contributed by atoms with E-state index >= 15 is 0 Å². The van der Waals surface area contributed by atoms with Crippen LogP contribution in [-0.4, -0.2) is 54.6 Å². The molecule has 1 aliphatic heterocycles. The first-order valence-corrected chi connectivity index (χ1v) is 9.71. The molecule has 0 bridgehead atoms. The smallest absolute Gasteiger partial charge is 0.223 e. The number of hydrogen-bond acceptors (Lipinski definition) is 1. The summed E-state index contributed by atoms with van der Waals surface area (Å²) in [7, 11) is 2.31. The standard InChI is InChI=1S/C23H31N2O.BrH/c1-19(2)25(3)16-14-24(15-17-25)23(26)18-22(20-10-6-4-7-11-20)21-12-8-5-9-13-21;/h4-13,19,22H,14-18H2,1-3H3;1H/q+1;/p-1. The molecule has 0 spiro atoms. The lowest BCUT2D eigenvalue weighted by Crippen LogP contribution is -3.00. The number of amides is 1. The van der Waals surface area contributed by atoms with Crippen LogP contribution in [0.3, 0.4) is 0 Å². The number of likely N-dealkylation sites (N-methyl/N-ethyl adjacent to an activating group) is 1. The van der Waals surface area contributed by atoms with E-state index < -0.39 is 0 Å². The minimum absolute atomic E-state index is 0. The van der Waals surface area contributed by atoms with Gasteiger partial charge in [0.2, 0.25) is 5.91 Å². The predicted molar refractivity (Wildman–Crippen MR) is 107 cm³/mol. The van der Waals surface area contributed by atoms with E-state index in [-0.39, 0.29) is 28.8 Å². The number of carbonyl (C=O) groups excluding carboxylic acids is 1. The quantitative estimate of drug-likeness (QED) is 0.645. The minimum atomic E-state index is 0. The number of nitrogens with zero attached hydrogens (tertiary/aromatic N) is 2. The Balaban J connectivity index is 0.00000261. The summed E-state index contributed by atoms with van der Waals surface area (Å²) in [6, 6.07) is 21.4. The molecule has 1 aliphatic rings. The molecule has 146 valence electrons. The third kappa shape index (κ3) is 5.20. The average Bonchev–Trinajstić information content (AvgIpc) is 2.68. The molecule has 0 unspecified atom stereocenters. The van der Waals surface area contributed by atoms with Crippen molar-refractivity contribution < 1.29 is 26.3 Å². The molecule has 3 nitrogen and oxygen atoms in total. The summed E-state index contributed by atoms with van der Waals surface area (Å²) in [5.74, 6) is 0.399. The van der Waals surface area contributed by atoms with Gasteiger partial charge in [-0.05, 0) is 25.0 Å². The average molecular weight is 431 g/mol. The second kappa shape index (κ2) is 9.52. The lowest BCUT2D eigenvalue weighted by atomic mass is 9.88. The lowest BCUT2D eigenvalue weighted by Gasteiger charge is -2.45. The molecule has 0 atom stereocenters. The van der Waals surface area contributed by atoms with Gasteiger partial charge in [0.05, 0.1) is 39.3 Å². The Kier molecular flexibility index (Phi) is 7.63. The van der Waals surface area contributed by atoms with Crippen LogP contribution in [0.15, 0.2) is 60.7 Å². The van der Waals surface area contributed by atoms with Crippen molar-refractivity contribution in [1.82, 2.24) is 4.90 Å². The van der Waals surface area contributed by atoms with Gasteiger partial charge in [0.25, 0.3) is 0 Å². The Morgan fingerprint density at radius 1 is 0.926 bits per heavy atom. The van der Waals surface area contributed by atoms with Gasteiger partial charge in [0.1, 0.15) is 0 Å². The maximum atomic E-state index is 13.1. The highest BCUT2D eigenvalue weighted by Gasteiger charge is 2.33. The largest absolute Gasteiger partial charge is 1.00 e. The molecule has 0 aliphatic carbocycles. The fraction of sp³-hybridized carbons (Fsp3) is 0.435. The van der Waals surface area contributed by atoms with Crippen LogP contribution in [-0.2, 0) is 4.79 Å². The van der Waals surface area contributed by atoms with E-state index in [0.717, 1.165) is 30.7 Å². The van der Waals surface area contributed by atoms with Gasteiger partial charge < -0.3 is 26.4 Å². The molecular weight excluding hydrogens is 400 g/mol. The van der Waals surface area contributed by atoms with Crippen molar-refractivity contribution in [3.05, 3.63) is 71.8 Å². The molecule has 0 radical (unpaired) electrons. The Morgan fingerprint density at radius 3 is 1.78 bits per heavy atom. The Labute approximate surface area is 174 Å². The van der Waals surface area contributed by atoms with Crippen molar-refractivity contribution in [2.45, 2.75) is 32.2 Å². The summed E-state index contributed by atoms with van der Waals surface area (Å²) in [6.45, 7) is 8.37. The van der Waals surface area contributed by atoms with Crippen LogP contribution in [0.4, 0.5) is 0 Å². The van der Waals surface area contributed by atoms with Gasteiger partial charge in [-0.25, -0.2) is 0 Å². The van der Waals surface area contributed by atoms with Crippen LogP contribution in [0.2, 0.25) is 0 Å². The van der Waals surface area contributed by atoms with Gasteiger partial charge in [-0.15, -0.1) is 0 Å². The maximum absolute atomic E-state index is 13.1. The number of rotatable bonds is 5. The molecular formula is C23H31BrN2O. The molecule has 0 N–H and O–H groups in total. The van der Waals surface area contributed by atoms with Crippen LogP contribution in [0.5, 0.6) is 0 Å². The van der Waals surface area contributed by atoms with E-state index in [0.29, 0.717) is 12.5 Å². The van der Waals surface area contributed by atoms with Crippen molar-refractivity contribution >= 4 is 5.91 Å². The molecule has 4 heteroatoms. The second-order valence-corrected chi connectivity index (χ2v) is 7.98. The predicted octanol–water partition coefficient (Wildman–Crippen LogP) is 0.910. The van der Waals surface area contributed by atoms with E-state index in [4.69, 9.17) is 0 Å². The Morgan fingerprint density at radius 2 is 1.37 bits per heavy atom. The van der Waals surface area contributed by atoms with E-state index in [1.165, 1.54) is 11.1 Å². The van der Waals surface area contributed by atoms with Crippen LogP contribution in [0.1, 0.15) is 37.3 Å². The van der Waals surface area contributed by atoms with Gasteiger partial charge in [0.15, 0.2) is 0 Å². The molecule has 1 fully saturated rings. The summed E-state index contributed by atoms with van der Waals surface area (Å²) < 4.78 is 1.06. The van der Waals surface area contributed by atoms with Crippen molar-refractivity contribution in [2.75, 3.05) is 33.2 Å². The van der Waals surface area contributed by atoms with Gasteiger partial charge >= 0.3 is 0 Å². The van der Waals surface area contributed by atoms with Gasteiger partial charge in [-0.1, -0.05) is 60.7 Å². The lowest BCUT2D eigenvalue weighted by molar-refractivity contribution is -0.933. The van der Waals surface area contributed by atoms with Crippen LogP contribution < -0.4 is 17.0 Å². The second-order valence-electron chi connectivity index (χ2n) is 7.98. The minimum Gasteiger partial charge on any atom is -1.00 e. The summed E-state index contributed by atoms with van der Waals surface area (Å²) in [4.78, 5) is 15.1. The fourth-order valence-corrected chi connectivity index (χ4v) is 3.79. The Bertz CT molecular complexity index is 670. The van der Waals surface area contributed by atoms with Gasteiger partial charge in [0, 0.05) is 12.3 Å². The molecule has 2 aromatic carbocycles. The van der Waals surface area contributed by atoms with Crippen molar-refractivity contribution in [3.8, 4) is 0 Å². The van der Waals surface area contributed by atoms with Crippen molar-refractivity contribution in [3.63, 3.8) is 0 Å². The van der Waals surface area contributed by atoms with Crippen molar-refractivity contribution in [2.24, 2.45) is 0 Å². The first kappa shape index (κ1) is 21.6. The van der Waals surface area contributed by atoms with E-state index in [1.807, 2.05) is 12.1 Å². The summed E-state index contributed by atoms with van der Waals surface area (Å²) in [6.07, 6.45) is 0.541. The first-order chi connectivity index (χ1) is 12.5. The van der Waals surface area contributed by atoms with Gasteiger partial charge in [-0.2, -0.15) is 0 Å². The highest BCUT2D eigenvalue weighted by molar-refractivity contribution is 5.78. The SMILES string of the molecule is CC(C)[N+]1(C)CCN(C(=O)CC(c2ccccc2)c2ccccc2)CC1.[Br-]. The summed E-state index contributed by atoms with van der Waals surface area (Å²) in [5.41, 5.74) is 2.43. The maximum Gasteiger partial charge on any atom is 0.223 e. The normalized spacial score (nSPS) is 16.3. The molecule has 1 heterocycles. The topological polar surface area (TPSA) is 20.3 Å². The van der Waals surface area contributed by atoms with E-state index in [1.54, 1.807) is 0 Å². The molecule has 1 amide bonds. The first-order valence-electron chi connectivity index (χ1n) is 9.71. The summed E-state index contributed by atoms with van der Waals surface area (Å²) >= 11 is 0. The molecule has 0 aromatic heterocycles. The monoisotopic (exact) mass is 430 g/mol. The number of carbonyl (C=O) groups is 1. The number of piperazine rings is 1. The third-order valence-corrected chi connectivity index (χ3v) is 6.14. The van der Waals surface area contributed by atoms with Crippen LogP contribution >= 0.6 is 0 Å². The van der Waals surface area contributed by atoms with Crippen LogP contribution in [0.25, 0.3) is 0 Å². The molecule has 0 saturated carbocycles. The number of benzene rings is 2. The molecule has 27 heavy (non-hydrogen) atoms. The number of hydrogen-bond donors (Lipinski definition) is 0. The molecule has 1 saturated heterocycles. The zero-order chi connectivity index (χ0) is 18.6. The highest BCUT2D eigenvalue weighted by atomic mass is 79.9. The fourth-order valence-electron chi connectivity index (χ4n) is 3.79. The van der Waals surface area contributed by atoms with E-state index in [9.17, 15) is 4.79 Å². The van der Waals surface area contributed by atoms with Crippen molar-refractivity contribution in [1.29, 1.82) is 0 Å². The zero-order valence-electron chi connectivity index (χ0n) is 16.6. The summed E-state index contributed by atoms with van der Waals surface area (Å²) in [5, 5.41) is 0. The third-order valence-electron chi connectivity index (χ3n) is 6.14. The van der Waals surface area contributed by atoms with Crippen LogP contribution in [0, 0.1) is 0 Å². The van der Waals surface area contributed by atoms with E-state index in [2.05, 4.69) is 74.3 Å². The molecule has 3 rings (SSSR count). The van der Waals surface area contributed by atoms with Gasteiger partial charge in [-0.3, -0.25) is 4.79 Å². The zero-order valence-corrected chi connectivity index (χ0v) is 18.2.